The van der Waals surface area contributed by atoms with Crippen molar-refractivity contribution in [1.29, 1.82) is 0 Å². The smallest absolute Gasteiger partial charge is 0.247 e. The van der Waals surface area contributed by atoms with E-state index in [9.17, 15) is 14.0 Å². The predicted octanol–water partition coefficient (Wildman–Crippen LogP) is 1.56. The number of likely N-dealkylation sites (tertiary alicyclic amines) is 1. The molecule has 102 valence electrons. The largest absolute Gasteiger partial charge is 0.331 e. The molecule has 1 saturated heterocycles. The monoisotopic (exact) mass is 265 g/mol. The molecule has 1 aliphatic heterocycles. The van der Waals surface area contributed by atoms with Gasteiger partial charge in [-0.2, -0.15) is 0 Å². The highest BCUT2D eigenvalue weighted by Crippen LogP contribution is 2.19. The molecule has 1 aliphatic rings. The van der Waals surface area contributed by atoms with Crippen molar-refractivity contribution < 1.29 is 14.0 Å². The summed E-state index contributed by atoms with van der Waals surface area (Å²) in [5, 5.41) is 2.52. The third-order valence-corrected chi connectivity index (χ3v) is 3.24. The molecule has 19 heavy (non-hydrogen) atoms. The highest BCUT2D eigenvalue weighted by atomic mass is 19.1. The van der Waals surface area contributed by atoms with Gasteiger partial charge in [0.25, 0.3) is 0 Å². The fourth-order valence-corrected chi connectivity index (χ4v) is 2.27. The lowest BCUT2D eigenvalue weighted by Gasteiger charge is -2.33. The maximum absolute atomic E-state index is 13.4. The van der Waals surface area contributed by atoms with Crippen LogP contribution in [-0.2, 0) is 9.59 Å². The van der Waals surface area contributed by atoms with Crippen LogP contribution in [0.25, 0.3) is 0 Å². The van der Waals surface area contributed by atoms with E-state index in [1.54, 1.807) is 0 Å². The standard InChI is InChI=1S/C13H16FN3O2/c1-9(18)17-7-3-2-4-12(17)13(19)16-11-5-6-15-8-10(11)14/h5-6,8,12H,2-4,7H2,1H3,(H,15,16,19)/t12-/m1/s1. The number of rotatable bonds is 2. The normalized spacial score (nSPS) is 19.1. The first kappa shape index (κ1) is 13.5. The number of pyridine rings is 1. The second-order valence-electron chi connectivity index (χ2n) is 4.57. The average Bonchev–Trinajstić information content (AvgIpc) is 2.41. The van der Waals surface area contributed by atoms with Gasteiger partial charge in [0.05, 0.1) is 11.9 Å². The molecule has 1 atom stereocenters. The molecule has 2 rings (SSSR count). The molecule has 0 unspecified atom stereocenters. The maximum Gasteiger partial charge on any atom is 0.247 e. The summed E-state index contributed by atoms with van der Waals surface area (Å²) in [7, 11) is 0. The maximum atomic E-state index is 13.4. The van der Waals surface area contributed by atoms with Gasteiger partial charge in [-0.15, -0.1) is 0 Å². The van der Waals surface area contributed by atoms with E-state index in [1.165, 1.54) is 24.1 Å². The molecule has 0 saturated carbocycles. The van der Waals surface area contributed by atoms with Crippen LogP contribution in [-0.4, -0.2) is 34.3 Å². The second kappa shape index (κ2) is 5.77. The van der Waals surface area contributed by atoms with E-state index in [0.717, 1.165) is 19.0 Å². The lowest BCUT2D eigenvalue weighted by atomic mass is 10.0. The Morgan fingerprint density at radius 1 is 1.47 bits per heavy atom. The topological polar surface area (TPSA) is 62.3 Å². The van der Waals surface area contributed by atoms with Gasteiger partial charge in [0.15, 0.2) is 5.82 Å². The first-order valence-corrected chi connectivity index (χ1v) is 6.27. The summed E-state index contributed by atoms with van der Waals surface area (Å²) in [4.78, 5) is 28.8. The predicted molar refractivity (Wildman–Crippen MR) is 67.9 cm³/mol. The summed E-state index contributed by atoms with van der Waals surface area (Å²) < 4.78 is 13.4. The van der Waals surface area contributed by atoms with E-state index in [1.807, 2.05) is 0 Å². The molecule has 0 aliphatic carbocycles. The number of piperidine rings is 1. The summed E-state index contributed by atoms with van der Waals surface area (Å²) in [6, 6.07) is 0.882. The van der Waals surface area contributed by atoms with Gasteiger partial charge in [-0.05, 0) is 25.3 Å². The second-order valence-corrected chi connectivity index (χ2v) is 4.57. The Hall–Kier alpha value is -1.98. The quantitative estimate of drug-likeness (QED) is 0.882. The number of aromatic nitrogens is 1. The van der Waals surface area contributed by atoms with Crippen LogP contribution in [0.3, 0.4) is 0 Å². The minimum atomic E-state index is -0.582. The van der Waals surface area contributed by atoms with Crippen molar-refractivity contribution in [2.75, 3.05) is 11.9 Å². The third-order valence-electron chi connectivity index (χ3n) is 3.24. The number of nitrogens with zero attached hydrogens (tertiary/aromatic N) is 2. The SMILES string of the molecule is CC(=O)N1CCCC[C@@H]1C(=O)Nc1ccncc1F. The van der Waals surface area contributed by atoms with Crippen LogP contribution >= 0.6 is 0 Å². The van der Waals surface area contributed by atoms with Crippen molar-refractivity contribution >= 4 is 17.5 Å². The van der Waals surface area contributed by atoms with Gasteiger partial charge in [0.2, 0.25) is 11.8 Å². The van der Waals surface area contributed by atoms with Gasteiger partial charge >= 0.3 is 0 Å². The lowest BCUT2D eigenvalue weighted by molar-refractivity contribution is -0.138. The molecule has 0 radical (unpaired) electrons. The summed E-state index contributed by atoms with van der Waals surface area (Å²) >= 11 is 0. The van der Waals surface area contributed by atoms with Gasteiger partial charge in [-0.1, -0.05) is 0 Å². The molecule has 1 N–H and O–H groups in total. The zero-order valence-electron chi connectivity index (χ0n) is 10.7. The Balaban J connectivity index is 2.10. The number of hydrogen-bond donors (Lipinski definition) is 1. The van der Waals surface area contributed by atoms with Crippen LogP contribution in [0.5, 0.6) is 0 Å². The fourth-order valence-electron chi connectivity index (χ4n) is 2.27. The molecular weight excluding hydrogens is 249 g/mol. The molecular formula is C13H16FN3O2. The molecule has 1 fully saturated rings. The number of hydrogen-bond acceptors (Lipinski definition) is 3. The summed E-state index contributed by atoms with van der Waals surface area (Å²) in [5.41, 5.74) is 0.0917. The average molecular weight is 265 g/mol. The highest BCUT2D eigenvalue weighted by molar-refractivity contribution is 5.97. The molecule has 0 spiro atoms. The van der Waals surface area contributed by atoms with Gasteiger partial charge in [-0.3, -0.25) is 14.6 Å². The van der Waals surface area contributed by atoms with Crippen molar-refractivity contribution in [2.45, 2.75) is 32.2 Å². The number of carbonyl (C=O) groups excluding carboxylic acids is 2. The number of anilines is 1. The van der Waals surface area contributed by atoms with Crippen LogP contribution in [0, 0.1) is 5.82 Å². The van der Waals surface area contributed by atoms with Gasteiger partial charge < -0.3 is 10.2 Å². The van der Waals surface area contributed by atoms with Crippen LogP contribution in [0.2, 0.25) is 0 Å². The molecule has 0 bridgehead atoms. The van der Waals surface area contributed by atoms with Crippen LogP contribution in [0.15, 0.2) is 18.5 Å². The van der Waals surface area contributed by atoms with E-state index < -0.39 is 11.9 Å². The fraction of sp³-hybridized carbons (Fsp3) is 0.462. The Morgan fingerprint density at radius 3 is 2.95 bits per heavy atom. The van der Waals surface area contributed by atoms with Gasteiger partial charge in [0, 0.05) is 19.7 Å². The Bertz CT molecular complexity index is 493. The van der Waals surface area contributed by atoms with E-state index in [4.69, 9.17) is 0 Å². The lowest BCUT2D eigenvalue weighted by Crippen LogP contribution is -2.49. The first-order valence-electron chi connectivity index (χ1n) is 6.27. The van der Waals surface area contributed by atoms with Gasteiger partial charge in [-0.25, -0.2) is 4.39 Å². The zero-order valence-corrected chi connectivity index (χ0v) is 10.7. The third kappa shape index (κ3) is 3.07. The zero-order chi connectivity index (χ0) is 13.8. The molecule has 2 heterocycles. The molecule has 2 amide bonds. The summed E-state index contributed by atoms with van der Waals surface area (Å²) in [6.45, 7) is 2.02. The first-order chi connectivity index (χ1) is 9.09. The molecule has 1 aromatic heterocycles. The molecule has 5 nitrogen and oxygen atoms in total. The summed E-state index contributed by atoms with van der Waals surface area (Å²) in [5.74, 6) is -1.06. The molecule has 1 aromatic rings. The Labute approximate surface area is 110 Å². The van der Waals surface area contributed by atoms with Crippen LogP contribution < -0.4 is 5.32 Å². The number of carbonyl (C=O) groups is 2. The molecule has 6 heteroatoms. The number of nitrogens with one attached hydrogen (secondary N) is 1. The van der Waals surface area contributed by atoms with E-state index in [0.29, 0.717) is 13.0 Å². The Morgan fingerprint density at radius 2 is 2.26 bits per heavy atom. The minimum absolute atomic E-state index is 0.0917. The van der Waals surface area contributed by atoms with Gasteiger partial charge in [0.1, 0.15) is 6.04 Å². The minimum Gasteiger partial charge on any atom is -0.331 e. The van der Waals surface area contributed by atoms with Crippen molar-refractivity contribution in [3.63, 3.8) is 0 Å². The van der Waals surface area contributed by atoms with Crippen molar-refractivity contribution in [2.24, 2.45) is 0 Å². The van der Waals surface area contributed by atoms with Crippen molar-refractivity contribution in [3.05, 3.63) is 24.3 Å². The number of amides is 2. The highest BCUT2D eigenvalue weighted by Gasteiger charge is 2.30. The number of halogens is 1. The van der Waals surface area contributed by atoms with Crippen molar-refractivity contribution in [3.8, 4) is 0 Å². The summed E-state index contributed by atoms with van der Waals surface area (Å²) in [6.07, 6.45) is 4.84. The van der Waals surface area contributed by atoms with Crippen LogP contribution in [0.1, 0.15) is 26.2 Å². The van der Waals surface area contributed by atoms with E-state index in [-0.39, 0.29) is 17.5 Å². The van der Waals surface area contributed by atoms with E-state index in [2.05, 4.69) is 10.3 Å². The van der Waals surface area contributed by atoms with Crippen molar-refractivity contribution in [1.82, 2.24) is 9.88 Å². The molecule has 0 aromatic carbocycles. The Kier molecular flexibility index (Phi) is 4.09. The van der Waals surface area contributed by atoms with Crippen LogP contribution in [0.4, 0.5) is 10.1 Å². The van der Waals surface area contributed by atoms with E-state index >= 15 is 0 Å².